The first-order valence-corrected chi connectivity index (χ1v) is 9.27. The normalized spacial score (nSPS) is 17.0. The third-order valence-corrected chi connectivity index (χ3v) is 5.69. The van der Waals surface area contributed by atoms with E-state index in [1.165, 1.54) is 16.0 Å². The number of fused-ring (bicyclic) bond motifs is 1. The predicted molar refractivity (Wildman–Crippen MR) is 92.1 cm³/mol. The molecule has 1 nitrogen and oxygen atoms in total. The van der Waals surface area contributed by atoms with Gasteiger partial charge in [0, 0.05) is 25.5 Å². The molecule has 0 bridgehead atoms. The van der Waals surface area contributed by atoms with Crippen molar-refractivity contribution in [3.8, 4) is 5.75 Å². The fraction of sp³-hybridized carbons (Fsp3) is 0.250. The Bertz CT molecular complexity index is 590. The number of ether oxygens (including phenoxy) is 1. The molecule has 1 aliphatic rings. The van der Waals surface area contributed by atoms with Crippen molar-refractivity contribution in [2.24, 2.45) is 0 Å². The number of thioether (sulfide) groups is 1. The number of benzene rings is 2. The van der Waals surface area contributed by atoms with Crippen LogP contribution in [0.15, 0.2) is 51.8 Å². The number of rotatable bonds is 4. The average Bonchev–Trinajstić information content (AvgIpc) is 2.88. The van der Waals surface area contributed by atoms with Gasteiger partial charge in [-0.2, -0.15) is 0 Å². The zero-order valence-electron chi connectivity index (χ0n) is 10.8. The Morgan fingerprint density at radius 2 is 2.05 bits per heavy atom. The summed E-state index contributed by atoms with van der Waals surface area (Å²) >= 11 is 8.93. The van der Waals surface area contributed by atoms with Crippen LogP contribution < -0.4 is 4.74 Å². The highest BCUT2D eigenvalue weighted by Gasteiger charge is 2.22. The summed E-state index contributed by atoms with van der Waals surface area (Å²) < 4.78 is 7.11. The molecule has 0 spiro atoms. The second-order valence-corrected chi connectivity index (χ2v) is 7.57. The van der Waals surface area contributed by atoms with Gasteiger partial charge in [0.05, 0.1) is 0 Å². The maximum Gasteiger partial charge on any atom is 0.123 e. The molecule has 3 rings (SSSR count). The maximum absolute atomic E-state index is 6.03. The molecule has 2 aromatic carbocycles. The van der Waals surface area contributed by atoms with E-state index in [0.717, 1.165) is 28.6 Å². The Morgan fingerprint density at radius 3 is 2.85 bits per heavy atom. The summed E-state index contributed by atoms with van der Waals surface area (Å²) in [5.74, 6) is 0.974. The SMILES string of the molecule is BrCc1cc(Br)ccc1OCC1Cc2ccccc2S1. The minimum atomic E-state index is 0.513. The van der Waals surface area contributed by atoms with Crippen LogP contribution in [0.1, 0.15) is 11.1 Å². The second kappa shape index (κ2) is 6.54. The monoisotopic (exact) mass is 412 g/mol. The lowest BCUT2D eigenvalue weighted by molar-refractivity contribution is 0.315. The van der Waals surface area contributed by atoms with Gasteiger partial charge in [-0.25, -0.2) is 0 Å². The second-order valence-electron chi connectivity index (χ2n) is 4.75. The van der Waals surface area contributed by atoms with Gasteiger partial charge >= 0.3 is 0 Å². The van der Waals surface area contributed by atoms with E-state index in [2.05, 4.69) is 62.2 Å². The fourth-order valence-electron chi connectivity index (χ4n) is 2.32. The van der Waals surface area contributed by atoms with Gasteiger partial charge in [-0.05, 0) is 36.2 Å². The molecule has 0 saturated heterocycles. The summed E-state index contributed by atoms with van der Waals surface area (Å²) in [5, 5.41) is 1.32. The number of hydrogen-bond donors (Lipinski definition) is 0. The van der Waals surface area contributed by atoms with Gasteiger partial charge in [0.2, 0.25) is 0 Å². The molecule has 0 aliphatic carbocycles. The summed E-state index contributed by atoms with van der Waals surface area (Å²) in [5.41, 5.74) is 2.63. The highest BCUT2D eigenvalue weighted by Crippen LogP contribution is 2.37. The zero-order chi connectivity index (χ0) is 13.9. The van der Waals surface area contributed by atoms with Crippen molar-refractivity contribution in [1.82, 2.24) is 0 Å². The molecule has 1 heterocycles. The summed E-state index contributed by atoms with van der Waals surface area (Å²) in [7, 11) is 0. The van der Waals surface area contributed by atoms with Crippen LogP contribution >= 0.6 is 43.6 Å². The molecule has 0 radical (unpaired) electrons. The number of halogens is 2. The van der Waals surface area contributed by atoms with Crippen LogP contribution in [0.2, 0.25) is 0 Å². The summed E-state index contributed by atoms with van der Waals surface area (Å²) in [6.45, 7) is 0.751. The molecule has 1 unspecified atom stereocenters. The molecule has 4 heteroatoms. The van der Waals surface area contributed by atoms with Crippen molar-refractivity contribution in [2.75, 3.05) is 6.61 Å². The van der Waals surface area contributed by atoms with E-state index < -0.39 is 0 Å². The third kappa shape index (κ3) is 3.23. The largest absolute Gasteiger partial charge is 0.492 e. The van der Waals surface area contributed by atoms with Crippen molar-refractivity contribution in [3.63, 3.8) is 0 Å². The molecule has 1 atom stereocenters. The van der Waals surface area contributed by atoms with Crippen LogP contribution in [-0.2, 0) is 11.8 Å². The van der Waals surface area contributed by atoms with E-state index in [1.807, 2.05) is 23.9 Å². The Hall–Kier alpha value is -0.450. The standard InChI is InChI=1S/C16H14Br2OS/c17-9-12-7-13(18)5-6-15(12)19-10-14-8-11-3-1-2-4-16(11)20-14/h1-7,14H,8-10H2. The van der Waals surface area contributed by atoms with E-state index in [-0.39, 0.29) is 0 Å². The van der Waals surface area contributed by atoms with Gasteiger partial charge in [0.25, 0.3) is 0 Å². The molecule has 0 N–H and O–H groups in total. The minimum absolute atomic E-state index is 0.513. The molecule has 0 fully saturated rings. The molecule has 0 saturated carbocycles. The van der Waals surface area contributed by atoms with Crippen molar-refractivity contribution >= 4 is 43.6 Å². The first-order chi connectivity index (χ1) is 9.76. The van der Waals surface area contributed by atoms with Crippen LogP contribution in [-0.4, -0.2) is 11.9 Å². The van der Waals surface area contributed by atoms with Gasteiger partial charge in [-0.15, -0.1) is 11.8 Å². The van der Waals surface area contributed by atoms with E-state index in [0.29, 0.717) is 5.25 Å². The van der Waals surface area contributed by atoms with Gasteiger partial charge in [0.15, 0.2) is 0 Å². The van der Waals surface area contributed by atoms with Crippen LogP contribution in [0, 0.1) is 0 Å². The summed E-state index contributed by atoms with van der Waals surface area (Å²) in [4.78, 5) is 1.40. The van der Waals surface area contributed by atoms with Crippen molar-refractivity contribution in [1.29, 1.82) is 0 Å². The zero-order valence-corrected chi connectivity index (χ0v) is 14.8. The van der Waals surface area contributed by atoms with Gasteiger partial charge in [-0.1, -0.05) is 50.1 Å². The van der Waals surface area contributed by atoms with E-state index >= 15 is 0 Å². The topological polar surface area (TPSA) is 9.23 Å². The first-order valence-electron chi connectivity index (χ1n) is 6.48. The smallest absolute Gasteiger partial charge is 0.123 e. The molecule has 1 aliphatic heterocycles. The van der Waals surface area contributed by atoms with Gasteiger partial charge in [-0.3, -0.25) is 0 Å². The lowest BCUT2D eigenvalue weighted by Gasteiger charge is -2.13. The number of hydrogen-bond acceptors (Lipinski definition) is 2. The van der Waals surface area contributed by atoms with Gasteiger partial charge < -0.3 is 4.74 Å². The minimum Gasteiger partial charge on any atom is -0.492 e. The Kier molecular flexibility index (Phi) is 4.74. The van der Waals surface area contributed by atoms with Crippen molar-refractivity contribution in [3.05, 3.63) is 58.1 Å². The van der Waals surface area contributed by atoms with Gasteiger partial charge in [0.1, 0.15) is 12.4 Å². The molecular weight excluding hydrogens is 400 g/mol. The first kappa shape index (κ1) is 14.5. The lowest BCUT2D eigenvalue weighted by Crippen LogP contribution is -2.14. The fourth-order valence-corrected chi connectivity index (χ4v) is 4.39. The molecule has 104 valence electrons. The third-order valence-electron chi connectivity index (χ3n) is 3.31. The van der Waals surface area contributed by atoms with Crippen molar-refractivity contribution < 1.29 is 4.74 Å². The highest BCUT2D eigenvalue weighted by atomic mass is 79.9. The van der Waals surface area contributed by atoms with Crippen LogP contribution in [0.25, 0.3) is 0 Å². The molecule has 0 aromatic heterocycles. The average molecular weight is 414 g/mol. The van der Waals surface area contributed by atoms with E-state index in [9.17, 15) is 0 Å². The maximum atomic E-state index is 6.03. The van der Waals surface area contributed by atoms with Crippen LogP contribution in [0.3, 0.4) is 0 Å². The molecule has 2 aromatic rings. The van der Waals surface area contributed by atoms with Crippen LogP contribution in [0.4, 0.5) is 0 Å². The Labute approximate surface area is 140 Å². The molecular formula is C16H14Br2OS. The molecule has 0 amide bonds. The van der Waals surface area contributed by atoms with Crippen LogP contribution in [0.5, 0.6) is 5.75 Å². The van der Waals surface area contributed by atoms with E-state index in [4.69, 9.17) is 4.74 Å². The summed E-state index contributed by atoms with van der Waals surface area (Å²) in [6.07, 6.45) is 1.10. The van der Waals surface area contributed by atoms with E-state index in [1.54, 1.807) is 0 Å². The van der Waals surface area contributed by atoms with Crippen molar-refractivity contribution in [2.45, 2.75) is 21.9 Å². The Balaban J connectivity index is 1.64. The quantitative estimate of drug-likeness (QED) is 0.617. The summed E-state index contributed by atoms with van der Waals surface area (Å²) in [6, 6.07) is 14.8. The predicted octanol–water partition coefficient (Wildman–Crippen LogP) is 5.44. The number of alkyl halides is 1. The highest BCUT2D eigenvalue weighted by molar-refractivity contribution is 9.10. The lowest BCUT2D eigenvalue weighted by atomic mass is 10.1. The molecule has 20 heavy (non-hydrogen) atoms. The Morgan fingerprint density at radius 1 is 1.20 bits per heavy atom.